The molecule has 1 atom stereocenters. The summed E-state index contributed by atoms with van der Waals surface area (Å²) < 4.78 is 5.26. The van der Waals surface area contributed by atoms with Crippen LogP contribution in [-0.4, -0.2) is 17.4 Å². The number of carbonyl (C=O) groups is 1. The number of nitrogens with one attached hydrogen (secondary N) is 2. The molecule has 2 aromatic rings. The molecule has 0 saturated heterocycles. The van der Waals surface area contributed by atoms with Crippen molar-refractivity contribution in [2.45, 2.75) is 19.9 Å². The molecule has 0 fully saturated rings. The molecule has 2 aromatic heterocycles. The summed E-state index contributed by atoms with van der Waals surface area (Å²) in [5.41, 5.74) is 1.31. The highest BCUT2D eigenvalue weighted by molar-refractivity contribution is 5.99. The summed E-state index contributed by atoms with van der Waals surface area (Å²) in [5, 5.41) is 6.03. The molecule has 0 radical (unpaired) electrons. The smallest absolute Gasteiger partial charge is 0.255 e. The second kappa shape index (κ2) is 6.04. The van der Waals surface area contributed by atoms with E-state index in [1.165, 1.54) is 0 Å². The maximum absolute atomic E-state index is 12.2. The Kier molecular flexibility index (Phi) is 4.18. The number of anilines is 1. The van der Waals surface area contributed by atoms with Crippen LogP contribution in [0.3, 0.4) is 0 Å². The number of amides is 1. The van der Waals surface area contributed by atoms with Gasteiger partial charge in [0.1, 0.15) is 5.76 Å². The second-order valence-corrected chi connectivity index (χ2v) is 4.16. The fourth-order valence-electron chi connectivity index (χ4n) is 1.80. The van der Waals surface area contributed by atoms with Crippen molar-refractivity contribution >= 4 is 11.6 Å². The fraction of sp³-hybridized carbons (Fsp3) is 0.286. The first-order chi connectivity index (χ1) is 9.22. The topological polar surface area (TPSA) is 67.2 Å². The van der Waals surface area contributed by atoms with Gasteiger partial charge in [0.2, 0.25) is 0 Å². The summed E-state index contributed by atoms with van der Waals surface area (Å²) in [5.74, 6) is 0.551. The highest BCUT2D eigenvalue weighted by Crippen LogP contribution is 2.17. The van der Waals surface area contributed by atoms with Crippen molar-refractivity contribution in [3.05, 3.63) is 48.2 Å². The quantitative estimate of drug-likeness (QED) is 0.866. The van der Waals surface area contributed by atoms with E-state index in [0.29, 0.717) is 5.56 Å². The van der Waals surface area contributed by atoms with Crippen LogP contribution in [-0.2, 0) is 0 Å². The van der Waals surface area contributed by atoms with E-state index in [2.05, 4.69) is 15.6 Å². The van der Waals surface area contributed by atoms with Gasteiger partial charge in [-0.15, -0.1) is 0 Å². The highest BCUT2D eigenvalue weighted by atomic mass is 16.3. The first kappa shape index (κ1) is 13.1. The molecule has 5 heteroatoms. The Morgan fingerprint density at radius 3 is 3.00 bits per heavy atom. The normalized spacial score (nSPS) is 11.9. The summed E-state index contributed by atoms with van der Waals surface area (Å²) in [6, 6.07) is 5.23. The standard InChI is InChI=1S/C14H17N3O2/c1-3-16-12-6-7-15-9-11(12)14(18)17-10(2)13-5-4-8-19-13/h4-10H,3H2,1-2H3,(H,15,16)(H,17,18). The maximum Gasteiger partial charge on any atom is 0.255 e. The molecule has 5 nitrogen and oxygen atoms in total. The maximum atomic E-state index is 12.2. The van der Waals surface area contributed by atoms with Crippen LogP contribution in [0, 0.1) is 0 Å². The summed E-state index contributed by atoms with van der Waals surface area (Å²) in [4.78, 5) is 16.2. The molecule has 2 heterocycles. The third-order valence-electron chi connectivity index (χ3n) is 2.75. The van der Waals surface area contributed by atoms with Crippen molar-refractivity contribution in [1.29, 1.82) is 0 Å². The van der Waals surface area contributed by atoms with Crippen LogP contribution in [0.5, 0.6) is 0 Å². The first-order valence-electron chi connectivity index (χ1n) is 6.24. The van der Waals surface area contributed by atoms with E-state index in [1.54, 1.807) is 30.8 Å². The third-order valence-corrected chi connectivity index (χ3v) is 2.75. The second-order valence-electron chi connectivity index (χ2n) is 4.16. The lowest BCUT2D eigenvalue weighted by atomic mass is 10.2. The number of carbonyl (C=O) groups excluding carboxylic acids is 1. The first-order valence-corrected chi connectivity index (χ1v) is 6.24. The molecule has 0 spiro atoms. The number of furan rings is 1. The van der Waals surface area contributed by atoms with Gasteiger partial charge in [-0.1, -0.05) is 0 Å². The average Bonchev–Trinajstić information content (AvgIpc) is 2.93. The van der Waals surface area contributed by atoms with Crippen molar-refractivity contribution in [2.75, 3.05) is 11.9 Å². The minimum atomic E-state index is -0.183. The van der Waals surface area contributed by atoms with Crippen LogP contribution >= 0.6 is 0 Å². The molecule has 2 N–H and O–H groups in total. The van der Waals surface area contributed by atoms with Gasteiger partial charge in [-0.25, -0.2) is 0 Å². The Bertz CT molecular complexity index is 537. The zero-order valence-corrected chi connectivity index (χ0v) is 11.0. The molecule has 0 aliphatic carbocycles. The van der Waals surface area contributed by atoms with Gasteiger partial charge in [0, 0.05) is 18.9 Å². The van der Waals surface area contributed by atoms with Crippen LogP contribution in [0.2, 0.25) is 0 Å². The monoisotopic (exact) mass is 259 g/mol. The van der Waals surface area contributed by atoms with Crippen LogP contribution in [0.25, 0.3) is 0 Å². The van der Waals surface area contributed by atoms with E-state index in [1.807, 2.05) is 19.9 Å². The summed E-state index contributed by atoms with van der Waals surface area (Å²) >= 11 is 0. The van der Waals surface area contributed by atoms with Gasteiger partial charge in [0.15, 0.2) is 0 Å². The summed E-state index contributed by atoms with van der Waals surface area (Å²) in [6.07, 6.45) is 4.80. The largest absolute Gasteiger partial charge is 0.467 e. The lowest BCUT2D eigenvalue weighted by Crippen LogP contribution is -2.27. The van der Waals surface area contributed by atoms with Gasteiger partial charge in [0.25, 0.3) is 5.91 Å². The number of hydrogen-bond acceptors (Lipinski definition) is 4. The van der Waals surface area contributed by atoms with Crippen LogP contribution in [0.4, 0.5) is 5.69 Å². The van der Waals surface area contributed by atoms with Crippen molar-refractivity contribution in [2.24, 2.45) is 0 Å². The Labute approximate surface area is 112 Å². The molecule has 0 aliphatic rings. The SMILES string of the molecule is CCNc1ccncc1C(=O)NC(C)c1ccco1. The zero-order chi connectivity index (χ0) is 13.7. The third kappa shape index (κ3) is 3.13. The Hall–Kier alpha value is -2.30. The van der Waals surface area contributed by atoms with Crippen molar-refractivity contribution < 1.29 is 9.21 Å². The van der Waals surface area contributed by atoms with Gasteiger partial charge in [0.05, 0.1) is 23.6 Å². The van der Waals surface area contributed by atoms with Gasteiger partial charge in [-0.3, -0.25) is 9.78 Å². The zero-order valence-electron chi connectivity index (χ0n) is 11.0. The number of pyridine rings is 1. The van der Waals surface area contributed by atoms with Gasteiger partial charge >= 0.3 is 0 Å². The van der Waals surface area contributed by atoms with E-state index in [9.17, 15) is 4.79 Å². The number of rotatable bonds is 5. The molecule has 0 saturated carbocycles. The number of aromatic nitrogens is 1. The van der Waals surface area contributed by atoms with Gasteiger partial charge in [-0.2, -0.15) is 0 Å². The Morgan fingerprint density at radius 1 is 1.47 bits per heavy atom. The molecule has 1 unspecified atom stereocenters. The minimum Gasteiger partial charge on any atom is -0.467 e. The molecule has 100 valence electrons. The lowest BCUT2D eigenvalue weighted by molar-refractivity contribution is 0.0936. The van der Waals surface area contributed by atoms with E-state index >= 15 is 0 Å². The van der Waals surface area contributed by atoms with Crippen molar-refractivity contribution in [3.63, 3.8) is 0 Å². The molecular weight excluding hydrogens is 242 g/mol. The summed E-state index contributed by atoms with van der Waals surface area (Å²) in [7, 11) is 0. The van der Waals surface area contributed by atoms with E-state index < -0.39 is 0 Å². The molecule has 2 rings (SSSR count). The molecule has 0 bridgehead atoms. The predicted octanol–water partition coefficient (Wildman–Crippen LogP) is 2.60. The van der Waals surface area contributed by atoms with Gasteiger partial charge in [-0.05, 0) is 32.0 Å². The van der Waals surface area contributed by atoms with Crippen molar-refractivity contribution in [1.82, 2.24) is 10.3 Å². The molecule has 0 aliphatic heterocycles. The summed E-state index contributed by atoms with van der Waals surface area (Å²) in [6.45, 7) is 4.60. The number of nitrogens with zero attached hydrogens (tertiary/aromatic N) is 1. The molecule has 19 heavy (non-hydrogen) atoms. The molecule has 0 aromatic carbocycles. The van der Waals surface area contributed by atoms with E-state index in [0.717, 1.165) is 18.0 Å². The van der Waals surface area contributed by atoms with Crippen LogP contribution < -0.4 is 10.6 Å². The lowest BCUT2D eigenvalue weighted by Gasteiger charge is -2.14. The van der Waals surface area contributed by atoms with Crippen LogP contribution in [0.15, 0.2) is 41.3 Å². The molecular formula is C14H17N3O2. The fourth-order valence-corrected chi connectivity index (χ4v) is 1.80. The van der Waals surface area contributed by atoms with Crippen molar-refractivity contribution in [3.8, 4) is 0 Å². The minimum absolute atomic E-state index is 0.173. The predicted molar refractivity (Wildman–Crippen MR) is 73.0 cm³/mol. The van der Waals surface area contributed by atoms with E-state index in [4.69, 9.17) is 4.42 Å². The average molecular weight is 259 g/mol. The molecule has 1 amide bonds. The van der Waals surface area contributed by atoms with E-state index in [-0.39, 0.29) is 11.9 Å². The Morgan fingerprint density at radius 2 is 2.32 bits per heavy atom. The van der Waals surface area contributed by atoms with Crippen LogP contribution in [0.1, 0.15) is 36.0 Å². The van der Waals surface area contributed by atoms with Gasteiger partial charge < -0.3 is 15.1 Å². The Balaban J connectivity index is 2.11. The number of hydrogen-bond donors (Lipinski definition) is 2. The highest BCUT2D eigenvalue weighted by Gasteiger charge is 2.16.